The predicted molar refractivity (Wildman–Crippen MR) is 116 cm³/mol. The molecule has 0 aromatic heterocycles. The zero-order chi connectivity index (χ0) is 18.7. The average molecular weight is 365 g/mol. The van der Waals surface area contributed by atoms with E-state index in [2.05, 4.69) is 77.8 Å². The summed E-state index contributed by atoms with van der Waals surface area (Å²) in [6, 6.07) is 22.7. The second-order valence-corrected chi connectivity index (χ2v) is 7.99. The van der Waals surface area contributed by atoms with Crippen molar-refractivity contribution < 1.29 is 0 Å². The van der Waals surface area contributed by atoms with E-state index in [-0.39, 0.29) is 0 Å². The van der Waals surface area contributed by atoms with Gasteiger partial charge in [-0.1, -0.05) is 74.0 Å². The number of nitrogens with one attached hydrogen (secondary N) is 1. The van der Waals surface area contributed by atoms with Crippen LogP contribution in [0, 0.1) is 0 Å². The van der Waals surface area contributed by atoms with Gasteiger partial charge in [0, 0.05) is 12.6 Å². The maximum absolute atomic E-state index is 3.85. The van der Waals surface area contributed by atoms with Gasteiger partial charge in [0.15, 0.2) is 0 Å². The monoisotopic (exact) mass is 364 g/mol. The van der Waals surface area contributed by atoms with Crippen molar-refractivity contribution in [2.75, 3.05) is 26.2 Å². The van der Waals surface area contributed by atoms with Gasteiger partial charge in [-0.3, -0.25) is 0 Å². The number of nitrogens with zero attached hydrogens (tertiary/aromatic N) is 1. The Morgan fingerprint density at radius 3 is 2.26 bits per heavy atom. The Bertz CT molecular complexity index is 617. The molecule has 0 saturated carbocycles. The summed E-state index contributed by atoms with van der Waals surface area (Å²) >= 11 is 0. The Morgan fingerprint density at radius 1 is 0.926 bits per heavy atom. The van der Waals surface area contributed by atoms with Gasteiger partial charge in [0.2, 0.25) is 0 Å². The number of benzene rings is 2. The maximum Gasteiger partial charge on any atom is 0.00914 e. The van der Waals surface area contributed by atoms with Crippen LogP contribution in [0.2, 0.25) is 0 Å². The van der Waals surface area contributed by atoms with Gasteiger partial charge in [0.1, 0.15) is 0 Å². The molecule has 0 bridgehead atoms. The molecule has 27 heavy (non-hydrogen) atoms. The van der Waals surface area contributed by atoms with Crippen molar-refractivity contribution in [2.45, 2.75) is 57.4 Å². The average Bonchev–Trinajstić information content (AvgIpc) is 2.74. The second kappa shape index (κ2) is 11.3. The highest BCUT2D eigenvalue weighted by molar-refractivity contribution is 5.19. The smallest absolute Gasteiger partial charge is 0.00914 e. The standard InChI is InChI=1S/C25H36N2/c1-2-9-23(24-12-7-4-8-13-24)14-18-26-25-16-20-27(21-17-25)19-15-22-10-5-3-6-11-22/h3-8,10-13,23,25-26H,2,9,14-21H2,1H3. The maximum atomic E-state index is 3.85. The predicted octanol–water partition coefficient (Wildman–Crippen LogP) is 5.26. The molecule has 0 radical (unpaired) electrons. The molecular formula is C25H36N2. The first-order valence-corrected chi connectivity index (χ1v) is 10.9. The molecule has 0 aliphatic carbocycles. The third-order valence-electron chi connectivity index (χ3n) is 5.98. The first kappa shape index (κ1) is 20.1. The molecule has 2 aromatic carbocycles. The number of piperidine rings is 1. The molecule has 2 aromatic rings. The van der Waals surface area contributed by atoms with Crippen molar-refractivity contribution in [2.24, 2.45) is 0 Å². The fourth-order valence-electron chi connectivity index (χ4n) is 4.31. The summed E-state index contributed by atoms with van der Waals surface area (Å²) in [6.45, 7) is 7.12. The van der Waals surface area contributed by atoms with Crippen LogP contribution in [-0.2, 0) is 6.42 Å². The fourth-order valence-corrected chi connectivity index (χ4v) is 4.31. The zero-order valence-corrected chi connectivity index (χ0v) is 16.9. The molecule has 0 spiro atoms. The van der Waals surface area contributed by atoms with Crippen LogP contribution in [0.15, 0.2) is 60.7 Å². The van der Waals surface area contributed by atoms with E-state index in [9.17, 15) is 0 Å². The highest BCUT2D eigenvalue weighted by Crippen LogP contribution is 2.24. The van der Waals surface area contributed by atoms with E-state index in [0.717, 1.165) is 6.54 Å². The lowest BCUT2D eigenvalue weighted by atomic mass is 9.91. The molecule has 1 N–H and O–H groups in total. The van der Waals surface area contributed by atoms with Gasteiger partial charge in [0.05, 0.1) is 0 Å². The fraction of sp³-hybridized carbons (Fsp3) is 0.520. The normalized spacial score (nSPS) is 17.1. The van der Waals surface area contributed by atoms with Crippen molar-refractivity contribution in [3.8, 4) is 0 Å². The van der Waals surface area contributed by atoms with E-state index >= 15 is 0 Å². The van der Waals surface area contributed by atoms with Crippen LogP contribution < -0.4 is 5.32 Å². The van der Waals surface area contributed by atoms with Crippen molar-refractivity contribution >= 4 is 0 Å². The third kappa shape index (κ3) is 6.79. The zero-order valence-electron chi connectivity index (χ0n) is 16.9. The van der Waals surface area contributed by atoms with Crippen LogP contribution in [0.25, 0.3) is 0 Å². The molecule has 1 atom stereocenters. The number of hydrogen-bond donors (Lipinski definition) is 1. The van der Waals surface area contributed by atoms with E-state index in [1.54, 1.807) is 0 Å². The van der Waals surface area contributed by atoms with Gasteiger partial charge >= 0.3 is 0 Å². The summed E-state index contributed by atoms with van der Waals surface area (Å²) in [7, 11) is 0. The number of hydrogen-bond acceptors (Lipinski definition) is 2. The van der Waals surface area contributed by atoms with E-state index in [0.29, 0.717) is 12.0 Å². The van der Waals surface area contributed by atoms with Crippen molar-refractivity contribution in [1.29, 1.82) is 0 Å². The van der Waals surface area contributed by atoms with Gasteiger partial charge in [-0.05, 0) is 68.8 Å². The van der Waals surface area contributed by atoms with Crippen LogP contribution >= 0.6 is 0 Å². The SMILES string of the molecule is CCCC(CCNC1CCN(CCc2ccccc2)CC1)c1ccccc1. The summed E-state index contributed by atoms with van der Waals surface area (Å²) in [5, 5.41) is 3.85. The molecule has 3 rings (SSSR count). The molecular weight excluding hydrogens is 328 g/mol. The van der Waals surface area contributed by atoms with Crippen LogP contribution in [0.5, 0.6) is 0 Å². The minimum Gasteiger partial charge on any atom is -0.314 e. The van der Waals surface area contributed by atoms with Crippen LogP contribution in [-0.4, -0.2) is 37.1 Å². The lowest BCUT2D eigenvalue weighted by Crippen LogP contribution is -2.43. The van der Waals surface area contributed by atoms with E-state index in [1.165, 1.54) is 69.3 Å². The van der Waals surface area contributed by atoms with Crippen LogP contribution in [0.4, 0.5) is 0 Å². The van der Waals surface area contributed by atoms with E-state index in [1.807, 2.05) is 0 Å². The second-order valence-electron chi connectivity index (χ2n) is 7.99. The highest BCUT2D eigenvalue weighted by atomic mass is 15.1. The van der Waals surface area contributed by atoms with E-state index in [4.69, 9.17) is 0 Å². The van der Waals surface area contributed by atoms with Gasteiger partial charge in [-0.15, -0.1) is 0 Å². The minimum absolute atomic E-state index is 0.703. The summed E-state index contributed by atoms with van der Waals surface area (Å²) < 4.78 is 0. The first-order valence-electron chi connectivity index (χ1n) is 10.9. The van der Waals surface area contributed by atoms with Gasteiger partial charge in [0.25, 0.3) is 0 Å². The molecule has 1 heterocycles. The molecule has 1 saturated heterocycles. The van der Waals surface area contributed by atoms with E-state index < -0.39 is 0 Å². The highest BCUT2D eigenvalue weighted by Gasteiger charge is 2.19. The first-order chi connectivity index (χ1) is 13.3. The Balaban J connectivity index is 1.34. The summed E-state index contributed by atoms with van der Waals surface area (Å²) in [5.74, 6) is 0.703. The molecule has 1 fully saturated rings. The summed E-state index contributed by atoms with van der Waals surface area (Å²) in [6.07, 6.45) is 7.57. The Labute approximate surface area is 166 Å². The topological polar surface area (TPSA) is 15.3 Å². The molecule has 146 valence electrons. The molecule has 1 unspecified atom stereocenters. The van der Waals surface area contributed by atoms with Crippen molar-refractivity contribution in [3.05, 3.63) is 71.8 Å². The summed E-state index contributed by atoms with van der Waals surface area (Å²) in [4.78, 5) is 2.63. The quantitative estimate of drug-likeness (QED) is 0.619. The third-order valence-corrected chi connectivity index (χ3v) is 5.98. The van der Waals surface area contributed by atoms with Gasteiger partial charge < -0.3 is 10.2 Å². The Hall–Kier alpha value is -1.64. The lowest BCUT2D eigenvalue weighted by Gasteiger charge is -2.32. The van der Waals surface area contributed by atoms with Gasteiger partial charge in [-0.25, -0.2) is 0 Å². The lowest BCUT2D eigenvalue weighted by molar-refractivity contribution is 0.199. The Morgan fingerprint density at radius 2 is 1.59 bits per heavy atom. The van der Waals surface area contributed by atoms with Crippen molar-refractivity contribution in [3.63, 3.8) is 0 Å². The largest absolute Gasteiger partial charge is 0.314 e. The van der Waals surface area contributed by atoms with Crippen LogP contribution in [0.1, 0.15) is 56.1 Å². The Kier molecular flexibility index (Phi) is 8.38. The van der Waals surface area contributed by atoms with Gasteiger partial charge in [-0.2, -0.15) is 0 Å². The molecule has 2 heteroatoms. The number of likely N-dealkylation sites (tertiary alicyclic amines) is 1. The van der Waals surface area contributed by atoms with Crippen molar-refractivity contribution in [1.82, 2.24) is 10.2 Å². The molecule has 1 aliphatic heterocycles. The molecule has 1 aliphatic rings. The summed E-state index contributed by atoms with van der Waals surface area (Å²) in [5.41, 5.74) is 2.97. The van der Waals surface area contributed by atoms with Crippen LogP contribution in [0.3, 0.4) is 0 Å². The molecule has 0 amide bonds. The number of rotatable bonds is 10. The molecule has 2 nitrogen and oxygen atoms in total. The minimum atomic E-state index is 0.703.